The maximum absolute atomic E-state index is 6.58. The molecule has 0 N–H and O–H groups in total. The molecule has 2 nitrogen and oxygen atoms in total. The van der Waals surface area contributed by atoms with Crippen LogP contribution >= 0.6 is 0 Å². The molecule has 0 radical (unpaired) electrons. The average molecular weight is 1090 g/mol. The molecule has 2 aromatic heterocycles. The Bertz CT molecular complexity index is 5810. The van der Waals surface area contributed by atoms with Crippen LogP contribution in [0, 0.1) is 0 Å². The van der Waals surface area contributed by atoms with E-state index in [0.29, 0.717) is 0 Å². The molecule has 0 atom stereocenters. The van der Waals surface area contributed by atoms with E-state index < -0.39 is 0 Å². The van der Waals surface area contributed by atoms with Crippen LogP contribution in [0.1, 0.15) is 0 Å². The summed E-state index contributed by atoms with van der Waals surface area (Å²) in [4.78, 5) is 0. The molecular formula is C84H50O2. The van der Waals surface area contributed by atoms with Crippen LogP contribution < -0.4 is 0 Å². The van der Waals surface area contributed by atoms with Gasteiger partial charge in [0, 0.05) is 27.1 Å². The molecule has 0 saturated heterocycles. The molecule has 0 aliphatic heterocycles. The Hall–Kier alpha value is -11.3. The van der Waals surface area contributed by atoms with Crippen molar-refractivity contribution < 1.29 is 8.83 Å². The fourth-order valence-corrected chi connectivity index (χ4v) is 14.4. The van der Waals surface area contributed by atoms with E-state index in [2.05, 4.69) is 291 Å². The highest BCUT2D eigenvalue weighted by molar-refractivity contribution is 6.26. The molecule has 86 heavy (non-hydrogen) atoms. The number of hydrogen-bond donors (Lipinski definition) is 0. The highest BCUT2D eigenvalue weighted by Crippen LogP contribution is 2.50. The summed E-state index contributed by atoms with van der Waals surface area (Å²) >= 11 is 0. The normalized spacial score (nSPS) is 12.0. The van der Waals surface area contributed by atoms with Gasteiger partial charge in [-0.1, -0.05) is 273 Å². The first-order valence-electron chi connectivity index (χ1n) is 29.6. The zero-order chi connectivity index (χ0) is 56.4. The van der Waals surface area contributed by atoms with Crippen LogP contribution in [0.4, 0.5) is 0 Å². The summed E-state index contributed by atoms with van der Waals surface area (Å²) in [7, 11) is 0. The second-order valence-electron chi connectivity index (χ2n) is 22.9. The summed E-state index contributed by atoms with van der Waals surface area (Å²) in [6.45, 7) is 0. The molecule has 0 amide bonds. The van der Waals surface area contributed by atoms with E-state index in [1.165, 1.54) is 98.0 Å². The molecule has 0 unspecified atom stereocenters. The largest absolute Gasteiger partial charge is 0.456 e. The Morgan fingerprint density at radius 2 is 0.523 bits per heavy atom. The fourth-order valence-electron chi connectivity index (χ4n) is 14.4. The van der Waals surface area contributed by atoms with E-state index in [0.717, 1.165) is 88.4 Å². The van der Waals surface area contributed by atoms with Crippen LogP contribution in [0.5, 0.6) is 0 Å². The molecule has 0 fully saturated rings. The van der Waals surface area contributed by atoms with Gasteiger partial charge in [-0.25, -0.2) is 0 Å². The van der Waals surface area contributed by atoms with Crippen molar-refractivity contribution in [1.82, 2.24) is 0 Å². The second kappa shape index (κ2) is 19.1. The number of furan rings is 2. The lowest BCUT2D eigenvalue weighted by Crippen LogP contribution is -1.94. The molecule has 0 aliphatic carbocycles. The van der Waals surface area contributed by atoms with Crippen molar-refractivity contribution in [3.8, 4) is 77.9 Å². The predicted molar refractivity (Wildman–Crippen MR) is 364 cm³/mol. The Morgan fingerprint density at radius 1 is 0.174 bits per heavy atom. The molecule has 16 aromatic carbocycles. The minimum atomic E-state index is 0.895. The molecule has 0 spiro atoms. The first-order chi connectivity index (χ1) is 42.7. The van der Waals surface area contributed by atoms with Gasteiger partial charge in [0.2, 0.25) is 0 Å². The van der Waals surface area contributed by atoms with Crippen molar-refractivity contribution in [2.45, 2.75) is 0 Å². The van der Waals surface area contributed by atoms with Gasteiger partial charge in [0.05, 0.1) is 0 Å². The molecule has 2 heterocycles. The van der Waals surface area contributed by atoms with E-state index in [-0.39, 0.29) is 0 Å². The van der Waals surface area contributed by atoms with E-state index in [1.54, 1.807) is 0 Å². The predicted octanol–water partition coefficient (Wildman–Crippen LogP) is 24.1. The smallest absolute Gasteiger partial charge is 0.143 e. The average Bonchev–Trinajstić information content (AvgIpc) is 1.24. The van der Waals surface area contributed by atoms with Crippen molar-refractivity contribution in [3.05, 3.63) is 303 Å². The molecule has 0 bridgehead atoms. The van der Waals surface area contributed by atoms with Crippen LogP contribution in [0.2, 0.25) is 0 Å². The van der Waals surface area contributed by atoms with E-state index in [1.807, 2.05) is 12.1 Å². The minimum Gasteiger partial charge on any atom is -0.456 e. The maximum atomic E-state index is 6.58. The van der Waals surface area contributed by atoms with Crippen LogP contribution in [0.15, 0.2) is 312 Å². The van der Waals surface area contributed by atoms with Crippen LogP contribution in [0.25, 0.3) is 186 Å². The Balaban J connectivity index is 0.876. The van der Waals surface area contributed by atoms with E-state index >= 15 is 0 Å². The van der Waals surface area contributed by atoms with Gasteiger partial charge in [-0.15, -0.1) is 0 Å². The summed E-state index contributed by atoms with van der Waals surface area (Å²) in [6.07, 6.45) is 0. The van der Waals surface area contributed by atoms with Crippen LogP contribution in [-0.2, 0) is 0 Å². The first kappa shape index (κ1) is 48.2. The van der Waals surface area contributed by atoms with Gasteiger partial charge in [0.1, 0.15) is 22.3 Å². The van der Waals surface area contributed by atoms with E-state index in [9.17, 15) is 0 Å². The lowest BCUT2D eigenvalue weighted by molar-refractivity contribution is 0.669. The molecule has 18 aromatic rings. The summed E-state index contributed by atoms with van der Waals surface area (Å²) in [5.74, 6) is 0. The molecule has 2 heteroatoms. The minimum absolute atomic E-state index is 0.895. The lowest BCUT2D eigenvalue weighted by Gasteiger charge is -2.21. The highest BCUT2D eigenvalue weighted by atomic mass is 16.3. The third-order valence-electron chi connectivity index (χ3n) is 18.3. The summed E-state index contributed by atoms with van der Waals surface area (Å²) in [6, 6.07) is 112. The molecule has 0 aliphatic rings. The van der Waals surface area contributed by atoms with Gasteiger partial charge >= 0.3 is 0 Å². The maximum Gasteiger partial charge on any atom is 0.143 e. The summed E-state index contributed by atoms with van der Waals surface area (Å²) in [5, 5.41) is 19.1. The van der Waals surface area contributed by atoms with Crippen molar-refractivity contribution in [1.29, 1.82) is 0 Å². The molecule has 18 rings (SSSR count). The van der Waals surface area contributed by atoms with Crippen molar-refractivity contribution in [2.24, 2.45) is 0 Å². The number of hydrogen-bond acceptors (Lipinski definition) is 2. The zero-order valence-electron chi connectivity index (χ0n) is 46.7. The number of rotatable bonds is 7. The topological polar surface area (TPSA) is 26.3 Å². The van der Waals surface area contributed by atoms with Gasteiger partial charge in [-0.3, -0.25) is 0 Å². The van der Waals surface area contributed by atoms with Gasteiger partial charge < -0.3 is 8.83 Å². The second-order valence-corrected chi connectivity index (χ2v) is 22.9. The summed E-state index contributed by atoms with van der Waals surface area (Å²) < 4.78 is 13.0. The van der Waals surface area contributed by atoms with E-state index in [4.69, 9.17) is 8.83 Å². The number of fused-ring (bicyclic) bond motifs is 12. The Morgan fingerprint density at radius 3 is 1.08 bits per heavy atom. The molecular weight excluding hydrogens is 1040 g/mol. The monoisotopic (exact) mass is 1090 g/mol. The highest BCUT2D eigenvalue weighted by Gasteiger charge is 2.23. The van der Waals surface area contributed by atoms with Crippen molar-refractivity contribution in [3.63, 3.8) is 0 Å². The lowest BCUT2D eigenvalue weighted by atomic mass is 9.82. The molecule has 398 valence electrons. The standard InChI is InChI=1S/C84H50O2/c1-3-21-59-51(17-1)19-13-31-64(59)81-68-26-7-5-24-66(68)79(55-41-37-53(38-42-55)61-29-16-36-78-83(61)73-28-10-12-35-77(73)85-78)74-49-57(45-47-70(74)81)58-46-48-71-75(50-58)80(67-25-6-8-27-69(67)82(71)65-32-14-20-52-18-2-4-22-60(52)65)56-43-39-54(40-44-56)62-30-15-33-72-63-23-9-11-34-76(63)86-84(62)72/h1-50H. The Kier molecular flexibility index (Phi) is 10.7. The van der Waals surface area contributed by atoms with Crippen molar-refractivity contribution in [2.75, 3.05) is 0 Å². The quantitative estimate of drug-likeness (QED) is 0.149. The SMILES string of the molecule is c1ccc2c(-c3c4ccccc4c(-c4ccc(-c5cccc6c5oc5ccccc56)cc4)c4cc(-c5ccc6c(-c7cccc8ccccc78)c7ccccc7c(-c7ccc(-c8cccc9oc%10ccccc%10c89)cc7)c6c5)ccc34)cccc2c1. The fraction of sp³-hybridized carbons (Fsp3) is 0. The zero-order valence-corrected chi connectivity index (χ0v) is 46.7. The third-order valence-corrected chi connectivity index (χ3v) is 18.3. The Labute approximate surface area is 495 Å². The van der Waals surface area contributed by atoms with Crippen molar-refractivity contribution >= 4 is 109 Å². The first-order valence-corrected chi connectivity index (χ1v) is 29.6. The van der Waals surface area contributed by atoms with Crippen LogP contribution in [-0.4, -0.2) is 0 Å². The third kappa shape index (κ3) is 7.40. The van der Waals surface area contributed by atoms with Gasteiger partial charge in [-0.2, -0.15) is 0 Å². The van der Waals surface area contributed by atoms with Crippen LogP contribution in [0.3, 0.4) is 0 Å². The number of benzene rings is 16. The summed E-state index contributed by atoms with van der Waals surface area (Å²) in [5.41, 5.74) is 20.1. The van der Waals surface area contributed by atoms with Gasteiger partial charge in [0.25, 0.3) is 0 Å². The van der Waals surface area contributed by atoms with Gasteiger partial charge in [-0.05, 0) is 167 Å². The molecule has 0 saturated carbocycles. The number of para-hydroxylation sites is 3. The van der Waals surface area contributed by atoms with Gasteiger partial charge in [0.15, 0.2) is 0 Å².